The molecule has 1 amide bonds. The number of anilines is 1. The molecule has 1 aliphatic rings. The van der Waals surface area contributed by atoms with Crippen LogP contribution in [0, 0.1) is 11.7 Å². The van der Waals surface area contributed by atoms with E-state index in [9.17, 15) is 14.0 Å². The average molecular weight is 467 g/mol. The Balaban J connectivity index is 1.46. The molecule has 8 nitrogen and oxygen atoms in total. The minimum absolute atomic E-state index is 0.0620. The van der Waals surface area contributed by atoms with E-state index in [2.05, 4.69) is 10.4 Å². The van der Waals surface area contributed by atoms with Gasteiger partial charge in [0.25, 0.3) is 5.56 Å². The Bertz CT molecular complexity index is 1230. The summed E-state index contributed by atoms with van der Waals surface area (Å²) in [5, 5.41) is 7.44. The van der Waals surface area contributed by atoms with Crippen molar-refractivity contribution in [1.29, 1.82) is 0 Å². The van der Waals surface area contributed by atoms with Gasteiger partial charge < -0.3 is 19.7 Å². The van der Waals surface area contributed by atoms with E-state index in [1.807, 2.05) is 17.0 Å². The SMILES string of the molecule is COc1ccc(OC)c(CNC(=O)C2CCCN(c3ccc(=O)n(-c4cccc(F)c4)n3)C2)c1. The molecule has 0 radical (unpaired) electrons. The summed E-state index contributed by atoms with van der Waals surface area (Å²) in [6.07, 6.45) is 1.56. The van der Waals surface area contributed by atoms with E-state index in [-0.39, 0.29) is 17.4 Å². The summed E-state index contributed by atoms with van der Waals surface area (Å²) in [6.45, 7) is 1.50. The van der Waals surface area contributed by atoms with Gasteiger partial charge >= 0.3 is 0 Å². The van der Waals surface area contributed by atoms with Crippen LogP contribution in [0.2, 0.25) is 0 Å². The maximum atomic E-state index is 13.7. The standard InChI is InChI=1S/C25H27FN4O4/c1-33-21-8-9-22(34-2)18(13-21)15-27-25(32)17-5-4-12-29(16-17)23-10-11-24(31)30(28-23)20-7-3-6-19(26)14-20/h3,6-11,13-14,17H,4-5,12,15-16H2,1-2H3,(H,27,32). The maximum Gasteiger partial charge on any atom is 0.271 e. The Morgan fingerprint density at radius 3 is 2.76 bits per heavy atom. The number of benzene rings is 2. The van der Waals surface area contributed by atoms with E-state index in [1.165, 1.54) is 28.9 Å². The third kappa shape index (κ3) is 5.19. The quantitative estimate of drug-likeness (QED) is 0.576. The predicted octanol–water partition coefficient (Wildman–Crippen LogP) is 2.92. The Kier molecular flexibility index (Phi) is 7.10. The molecular formula is C25H27FN4O4. The minimum Gasteiger partial charge on any atom is -0.497 e. The van der Waals surface area contributed by atoms with Gasteiger partial charge in [-0.1, -0.05) is 6.07 Å². The third-order valence-corrected chi connectivity index (χ3v) is 5.90. The number of hydrogen-bond acceptors (Lipinski definition) is 6. The molecule has 0 spiro atoms. The Labute approximate surface area is 196 Å². The number of rotatable bonds is 7. The van der Waals surface area contributed by atoms with Crippen LogP contribution >= 0.6 is 0 Å². The summed E-state index contributed by atoms with van der Waals surface area (Å²) in [5.41, 5.74) is 0.824. The summed E-state index contributed by atoms with van der Waals surface area (Å²) < 4.78 is 25.5. The molecule has 9 heteroatoms. The van der Waals surface area contributed by atoms with Crippen molar-refractivity contribution in [3.8, 4) is 17.2 Å². The zero-order chi connectivity index (χ0) is 24.1. The van der Waals surface area contributed by atoms with Crippen molar-refractivity contribution in [2.24, 2.45) is 5.92 Å². The molecule has 1 fully saturated rings. The highest BCUT2D eigenvalue weighted by Crippen LogP contribution is 2.25. The van der Waals surface area contributed by atoms with Crippen LogP contribution in [0.5, 0.6) is 11.5 Å². The lowest BCUT2D eigenvalue weighted by molar-refractivity contribution is -0.125. The second-order valence-electron chi connectivity index (χ2n) is 8.10. The fourth-order valence-corrected chi connectivity index (χ4v) is 4.11. The first kappa shape index (κ1) is 23.3. The number of aromatic nitrogens is 2. The molecule has 178 valence electrons. The molecule has 2 aromatic carbocycles. The second-order valence-corrected chi connectivity index (χ2v) is 8.10. The molecule has 34 heavy (non-hydrogen) atoms. The van der Waals surface area contributed by atoms with Crippen molar-refractivity contribution in [2.45, 2.75) is 19.4 Å². The monoisotopic (exact) mass is 466 g/mol. The summed E-state index contributed by atoms with van der Waals surface area (Å²) >= 11 is 0. The molecule has 1 atom stereocenters. The first-order valence-electron chi connectivity index (χ1n) is 11.1. The van der Waals surface area contributed by atoms with Gasteiger partial charge in [0.05, 0.1) is 25.8 Å². The molecule has 4 rings (SSSR count). The number of piperidine rings is 1. The molecule has 1 aromatic heterocycles. The second kappa shape index (κ2) is 10.4. The number of nitrogens with one attached hydrogen (secondary N) is 1. The van der Waals surface area contributed by atoms with E-state index in [0.717, 1.165) is 18.4 Å². The number of hydrogen-bond donors (Lipinski definition) is 1. The predicted molar refractivity (Wildman–Crippen MR) is 126 cm³/mol. The molecule has 3 aromatic rings. The highest BCUT2D eigenvalue weighted by Gasteiger charge is 2.27. The van der Waals surface area contributed by atoms with Crippen molar-refractivity contribution < 1.29 is 18.7 Å². The third-order valence-electron chi connectivity index (χ3n) is 5.90. The van der Waals surface area contributed by atoms with Crippen molar-refractivity contribution in [2.75, 3.05) is 32.2 Å². The molecular weight excluding hydrogens is 439 g/mol. The average Bonchev–Trinajstić information content (AvgIpc) is 2.87. The Morgan fingerprint density at radius 2 is 2.00 bits per heavy atom. The van der Waals surface area contributed by atoms with Crippen LogP contribution in [0.1, 0.15) is 18.4 Å². The topological polar surface area (TPSA) is 85.7 Å². The van der Waals surface area contributed by atoms with Crippen molar-refractivity contribution >= 4 is 11.7 Å². The van der Waals surface area contributed by atoms with Crippen LogP contribution in [0.25, 0.3) is 5.69 Å². The zero-order valence-electron chi connectivity index (χ0n) is 19.2. The lowest BCUT2D eigenvalue weighted by atomic mass is 9.97. The van der Waals surface area contributed by atoms with Crippen molar-refractivity contribution in [1.82, 2.24) is 15.1 Å². The van der Waals surface area contributed by atoms with E-state index >= 15 is 0 Å². The first-order valence-corrected chi connectivity index (χ1v) is 11.1. The lowest BCUT2D eigenvalue weighted by Crippen LogP contribution is -2.43. The van der Waals surface area contributed by atoms with Crippen molar-refractivity contribution in [3.05, 3.63) is 76.3 Å². The van der Waals surface area contributed by atoms with Gasteiger partial charge in [0.2, 0.25) is 5.91 Å². The van der Waals surface area contributed by atoms with Gasteiger partial charge in [-0.2, -0.15) is 4.68 Å². The molecule has 0 aliphatic carbocycles. The molecule has 1 aliphatic heterocycles. The first-order chi connectivity index (χ1) is 16.5. The number of halogens is 1. The number of amides is 1. The van der Waals surface area contributed by atoms with Gasteiger partial charge in [0.1, 0.15) is 23.1 Å². The molecule has 0 saturated carbocycles. The number of carbonyl (C=O) groups excluding carboxylic acids is 1. The van der Waals surface area contributed by atoms with E-state index in [0.29, 0.717) is 42.6 Å². The molecule has 1 unspecified atom stereocenters. The Morgan fingerprint density at radius 1 is 1.15 bits per heavy atom. The summed E-state index contributed by atoms with van der Waals surface area (Å²) in [7, 11) is 3.18. The van der Waals surface area contributed by atoms with Gasteiger partial charge in [-0.3, -0.25) is 9.59 Å². The van der Waals surface area contributed by atoms with Crippen LogP contribution in [0.4, 0.5) is 10.2 Å². The smallest absolute Gasteiger partial charge is 0.271 e. The maximum absolute atomic E-state index is 13.7. The normalized spacial score (nSPS) is 15.6. The van der Waals surface area contributed by atoms with Gasteiger partial charge in [-0.05, 0) is 55.3 Å². The van der Waals surface area contributed by atoms with Crippen LogP contribution < -0.4 is 25.2 Å². The lowest BCUT2D eigenvalue weighted by Gasteiger charge is -2.33. The van der Waals surface area contributed by atoms with Crippen LogP contribution in [0.15, 0.2) is 59.4 Å². The summed E-state index contributed by atoms with van der Waals surface area (Å²) in [4.78, 5) is 27.3. The molecule has 1 saturated heterocycles. The zero-order valence-corrected chi connectivity index (χ0v) is 19.2. The van der Waals surface area contributed by atoms with Crippen LogP contribution in [0.3, 0.4) is 0 Å². The largest absolute Gasteiger partial charge is 0.497 e. The van der Waals surface area contributed by atoms with Gasteiger partial charge in [0, 0.05) is 31.3 Å². The summed E-state index contributed by atoms with van der Waals surface area (Å²) in [5.74, 6) is 1.19. The van der Waals surface area contributed by atoms with Gasteiger partial charge in [0.15, 0.2) is 0 Å². The highest BCUT2D eigenvalue weighted by molar-refractivity contribution is 5.79. The fourth-order valence-electron chi connectivity index (χ4n) is 4.11. The highest BCUT2D eigenvalue weighted by atomic mass is 19.1. The number of ether oxygens (including phenoxy) is 2. The molecule has 1 N–H and O–H groups in total. The van der Waals surface area contributed by atoms with Gasteiger partial charge in [-0.25, -0.2) is 4.39 Å². The van der Waals surface area contributed by atoms with Crippen molar-refractivity contribution in [3.63, 3.8) is 0 Å². The van der Waals surface area contributed by atoms with E-state index in [4.69, 9.17) is 9.47 Å². The number of methoxy groups -OCH3 is 2. The van der Waals surface area contributed by atoms with Crippen LogP contribution in [-0.2, 0) is 11.3 Å². The molecule has 0 bridgehead atoms. The van der Waals surface area contributed by atoms with E-state index in [1.54, 1.807) is 32.4 Å². The minimum atomic E-state index is -0.445. The van der Waals surface area contributed by atoms with Gasteiger partial charge in [-0.15, -0.1) is 5.10 Å². The Hall–Kier alpha value is -3.88. The summed E-state index contributed by atoms with van der Waals surface area (Å²) in [6, 6.07) is 14.2. The number of nitrogens with zero attached hydrogens (tertiary/aromatic N) is 3. The fraction of sp³-hybridized carbons (Fsp3) is 0.320. The van der Waals surface area contributed by atoms with Crippen LogP contribution in [-0.4, -0.2) is 43.0 Å². The number of carbonyl (C=O) groups is 1. The molecule has 2 heterocycles. The van der Waals surface area contributed by atoms with E-state index < -0.39 is 5.82 Å².